The lowest BCUT2D eigenvalue weighted by molar-refractivity contribution is 0.363. The molecule has 2 N–H and O–H groups in total. The third-order valence-electron chi connectivity index (χ3n) is 3.55. The lowest BCUT2D eigenvalue weighted by atomic mass is 10.1. The maximum absolute atomic E-state index is 13.7. The SMILES string of the molecule is NCCCC1CCCN1S(=O)(=O)c1ccc(F)cc1F. The fourth-order valence-corrected chi connectivity index (χ4v) is 4.35. The first kappa shape index (κ1) is 15.3. The Labute approximate surface area is 117 Å². The molecule has 1 aromatic carbocycles. The molecule has 112 valence electrons. The maximum Gasteiger partial charge on any atom is 0.246 e. The second-order valence-electron chi connectivity index (χ2n) is 4.92. The fourth-order valence-electron chi connectivity index (χ4n) is 2.58. The number of benzene rings is 1. The molecule has 1 atom stereocenters. The molecule has 2 rings (SSSR count). The molecule has 0 aromatic heterocycles. The third-order valence-corrected chi connectivity index (χ3v) is 5.53. The van der Waals surface area contributed by atoms with E-state index in [0.29, 0.717) is 25.6 Å². The van der Waals surface area contributed by atoms with Crippen LogP contribution in [0.3, 0.4) is 0 Å². The lowest BCUT2D eigenvalue weighted by Gasteiger charge is -2.24. The number of hydrogen-bond acceptors (Lipinski definition) is 3. The number of rotatable bonds is 5. The summed E-state index contributed by atoms with van der Waals surface area (Å²) in [7, 11) is -3.91. The second kappa shape index (κ2) is 6.15. The van der Waals surface area contributed by atoms with Gasteiger partial charge in [-0.25, -0.2) is 17.2 Å². The number of hydrogen-bond donors (Lipinski definition) is 1. The Bertz CT molecular complexity index is 578. The molecule has 1 aromatic rings. The zero-order valence-electron chi connectivity index (χ0n) is 11.1. The predicted molar refractivity (Wildman–Crippen MR) is 71.6 cm³/mol. The zero-order chi connectivity index (χ0) is 14.8. The van der Waals surface area contributed by atoms with E-state index in [1.165, 1.54) is 4.31 Å². The van der Waals surface area contributed by atoms with Crippen LogP contribution in [-0.2, 0) is 10.0 Å². The minimum Gasteiger partial charge on any atom is -0.330 e. The van der Waals surface area contributed by atoms with Crippen molar-refractivity contribution in [2.45, 2.75) is 36.6 Å². The van der Waals surface area contributed by atoms with Crippen molar-refractivity contribution >= 4 is 10.0 Å². The van der Waals surface area contributed by atoms with Crippen molar-refractivity contribution in [2.75, 3.05) is 13.1 Å². The van der Waals surface area contributed by atoms with E-state index in [0.717, 1.165) is 31.4 Å². The van der Waals surface area contributed by atoms with Gasteiger partial charge in [-0.1, -0.05) is 0 Å². The van der Waals surface area contributed by atoms with Gasteiger partial charge in [0.05, 0.1) is 0 Å². The molecule has 1 aliphatic heterocycles. The second-order valence-corrected chi connectivity index (χ2v) is 6.78. The first-order chi connectivity index (χ1) is 9.46. The van der Waals surface area contributed by atoms with Crippen molar-refractivity contribution in [3.8, 4) is 0 Å². The molecular weight excluding hydrogens is 286 g/mol. The summed E-state index contributed by atoms with van der Waals surface area (Å²) in [6, 6.07) is 2.39. The molecule has 1 unspecified atom stereocenters. The lowest BCUT2D eigenvalue weighted by Crippen LogP contribution is -2.36. The van der Waals surface area contributed by atoms with Gasteiger partial charge in [-0.2, -0.15) is 4.31 Å². The third kappa shape index (κ3) is 2.99. The van der Waals surface area contributed by atoms with Crippen LogP contribution in [0.15, 0.2) is 23.1 Å². The molecule has 4 nitrogen and oxygen atoms in total. The standard InChI is InChI=1S/C13H18F2N2O2S/c14-10-5-6-13(12(15)9-10)20(18,19)17-8-2-4-11(17)3-1-7-16/h5-6,9,11H,1-4,7-8,16H2. The first-order valence-corrected chi connectivity index (χ1v) is 8.08. The summed E-state index contributed by atoms with van der Waals surface area (Å²) in [5.74, 6) is -1.84. The van der Waals surface area contributed by atoms with Gasteiger partial charge in [-0.3, -0.25) is 0 Å². The number of nitrogens with two attached hydrogens (primary N) is 1. The Morgan fingerprint density at radius 3 is 2.75 bits per heavy atom. The highest BCUT2D eigenvalue weighted by molar-refractivity contribution is 7.89. The summed E-state index contributed by atoms with van der Waals surface area (Å²) in [6.07, 6.45) is 2.89. The molecule has 1 fully saturated rings. The zero-order valence-corrected chi connectivity index (χ0v) is 11.9. The number of halogens is 2. The van der Waals surface area contributed by atoms with Crippen LogP contribution in [0.25, 0.3) is 0 Å². The van der Waals surface area contributed by atoms with Crippen LogP contribution in [0, 0.1) is 11.6 Å². The topological polar surface area (TPSA) is 63.4 Å². The van der Waals surface area contributed by atoms with Crippen molar-refractivity contribution in [2.24, 2.45) is 5.73 Å². The molecule has 1 saturated heterocycles. The van der Waals surface area contributed by atoms with Crippen LogP contribution in [0.1, 0.15) is 25.7 Å². The van der Waals surface area contributed by atoms with Crippen molar-refractivity contribution in [3.05, 3.63) is 29.8 Å². The van der Waals surface area contributed by atoms with Gasteiger partial charge >= 0.3 is 0 Å². The van der Waals surface area contributed by atoms with E-state index in [4.69, 9.17) is 5.73 Å². The molecule has 7 heteroatoms. The van der Waals surface area contributed by atoms with Crippen molar-refractivity contribution in [1.82, 2.24) is 4.31 Å². The largest absolute Gasteiger partial charge is 0.330 e. The highest BCUT2D eigenvalue weighted by Crippen LogP contribution is 2.29. The Morgan fingerprint density at radius 2 is 2.10 bits per heavy atom. The van der Waals surface area contributed by atoms with Gasteiger partial charge in [-0.05, 0) is 44.4 Å². The van der Waals surface area contributed by atoms with E-state index >= 15 is 0 Å². The fraction of sp³-hybridized carbons (Fsp3) is 0.538. The Balaban J connectivity index is 2.29. The van der Waals surface area contributed by atoms with E-state index in [-0.39, 0.29) is 6.04 Å². The average Bonchev–Trinajstić information content (AvgIpc) is 2.84. The summed E-state index contributed by atoms with van der Waals surface area (Å²) in [4.78, 5) is -0.460. The number of nitrogens with zero attached hydrogens (tertiary/aromatic N) is 1. The average molecular weight is 304 g/mol. The van der Waals surface area contributed by atoms with Gasteiger partial charge in [0, 0.05) is 18.7 Å². The molecule has 0 saturated carbocycles. The van der Waals surface area contributed by atoms with E-state index in [2.05, 4.69) is 0 Å². The number of sulfonamides is 1. The van der Waals surface area contributed by atoms with Crippen LogP contribution in [-0.4, -0.2) is 31.9 Å². The van der Waals surface area contributed by atoms with Gasteiger partial charge < -0.3 is 5.73 Å². The molecule has 1 aliphatic rings. The molecule has 1 heterocycles. The monoisotopic (exact) mass is 304 g/mol. The Kier molecular flexibility index (Phi) is 4.72. The molecule has 0 aliphatic carbocycles. The van der Waals surface area contributed by atoms with Crippen molar-refractivity contribution in [1.29, 1.82) is 0 Å². The smallest absolute Gasteiger partial charge is 0.246 e. The van der Waals surface area contributed by atoms with Gasteiger partial charge in [-0.15, -0.1) is 0 Å². The van der Waals surface area contributed by atoms with Gasteiger partial charge in [0.25, 0.3) is 0 Å². The Morgan fingerprint density at radius 1 is 1.35 bits per heavy atom. The summed E-state index contributed by atoms with van der Waals surface area (Å²) in [5.41, 5.74) is 5.44. The van der Waals surface area contributed by atoms with Crippen LogP contribution in [0.2, 0.25) is 0 Å². The first-order valence-electron chi connectivity index (χ1n) is 6.64. The van der Waals surface area contributed by atoms with Crippen LogP contribution in [0.4, 0.5) is 8.78 Å². The van der Waals surface area contributed by atoms with Crippen LogP contribution in [0.5, 0.6) is 0 Å². The highest BCUT2D eigenvalue weighted by atomic mass is 32.2. The normalized spacial score (nSPS) is 20.4. The van der Waals surface area contributed by atoms with E-state index in [9.17, 15) is 17.2 Å². The maximum atomic E-state index is 13.7. The summed E-state index contributed by atoms with van der Waals surface area (Å²) >= 11 is 0. The quantitative estimate of drug-likeness (QED) is 0.903. The summed E-state index contributed by atoms with van der Waals surface area (Å²) in [5, 5.41) is 0. The molecule has 0 bridgehead atoms. The molecular formula is C13H18F2N2O2S. The van der Waals surface area contributed by atoms with E-state index in [1.54, 1.807) is 0 Å². The van der Waals surface area contributed by atoms with Gasteiger partial charge in [0.15, 0.2) is 0 Å². The van der Waals surface area contributed by atoms with Crippen LogP contribution < -0.4 is 5.73 Å². The molecule has 20 heavy (non-hydrogen) atoms. The van der Waals surface area contributed by atoms with E-state index < -0.39 is 26.6 Å². The van der Waals surface area contributed by atoms with Crippen molar-refractivity contribution in [3.63, 3.8) is 0 Å². The molecule has 0 spiro atoms. The summed E-state index contributed by atoms with van der Waals surface area (Å²) < 4.78 is 52.9. The molecule has 0 amide bonds. The van der Waals surface area contributed by atoms with E-state index in [1.807, 2.05) is 0 Å². The minimum absolute atomic E-state index is 0.145. The van der Waals surface area contributed by atoms with Crippen LogP contribution >= 0.6 is 0 Å². The van der Waals surface area contributed by atoms with Gasteiger partial charge in [0.1, 0.15) is 16.5 Å². The Hall–Kier alpha value is -1.05. The summed E-state index contributed by atoms with van der Waals surface area (Å²) in [6.45, 7) is 0.865. The van der Waals surface area contributed by atoms with Gasteiger partial charge in [0.2, 0.25) is 10.0 Å². The highest BCUT2D eigenvalue weighted by Gasteiger charge is 2.36. The molecule has 0 radical (unpaired) electrons. The van der Waals surface area contributed by atoms with Crippen molar-refractivity contribution < 1.29 is 17.2 Å². The predicted octanol–water partition coefficient (Wildman–Crippen LogP) is 1.86. The minimum atomic E-state index is -3.91.